The van der Waals surface area contributed by atoms with E-state index in [1.807, 2.05) is 0 Å². The number of nitrogens with one attached hydrogen (secondary N) is 1. The van der Waals surface area contributed by atoms with Crippen LogP contribution in [0.4, 0.5) is 0 Å². The molecule has 1 amide bonds. The lowest BCUT2D eigenvalue weighted by molar-refractivity contribution is -0.116. The van der Waals surface area contributed by atoms with Gasteiger partial charge in [0.05, 0.1) is 10.5 Å². The molecule has 0 saturated carbocycles. The first-order valence-electron chi connectivity index (χ1n) is 7.11. The maximum absolute atomic E-state index is 12.7. The van der Waals surface area contributed by atoms with Crippen molar-refractivity contribution in [2.24, 2.45) is 0 Å². The van der Waals surface area contributed by atoms with E-state index in [1.165, 1.54) is 28.6 Å². The van der Waals surface area contributed by atoms with E-state index in [1.54, 1.807) is 0 Å². The minimum Gasteiger partial charge on any atom is -0.478 e. The van der Waals surface area contributed by atoms with Gasteiger partial charge >= 0.3 is 5.97 Å². The Balaban J connectivity index is 2.18. The largest absolute Gasteiger partial charge is 0.478 e. The van der Waals surface area contributed by atoms with E-state index < -0.39 is 16.0 Å². The minimum atomic E-state index is -3.72. The molecule has 1 heterocycles. The molecule has 1 aliphatic rings. The lowest BCUT2D eigenvalue weighted by atomic mass is 10.2. The zero-order valence-corrected chi connectivity index (χ0v) is 13.3. The molecule has 23 heavy (non-hydrogen) atoms. The Bertz CT molecular complexity index is 712. The molecule has 8 heteroatoms. The molecule has 7 nitrogen and oxygen atoms in total. The number of hydrogen-bond acceptors (Lipinski definition) is 4. The summed E-state index contributed by atoms with van der Waals surface area (Å²) >= 11 is 0. The van der Waals surface area contributed by atoms with Crippen molar-refractivity contribution < 1.29 is 23.1 Å². The second-order valence-electron chi connectivity index (χ2n) is 5.19. The van der Waals surface area contributed by atoms with Gasteiger partial charge in [0.15, 0.2) is 0 Å². The Kier molecular flexibility index (Phi) is 5.17. The van der Waals surface area contributed by atoms with Crippen LogP contribution in [-0.2, 0) is 14.8 Å². The first-order valence-corrected chi connectivity index (χ1v) is 8.55. The predicted molar refractivity (Wildman–Crippen MR) is 83.5 cm³/mol. The van der Waals surface area contributed by atoms with Gasteiger partial charge in [-0.15, -0.1) is 0 Å². The summed E-state index contributed by atoms with van der Waals surface area (Å²) < 4.78 is 26.7. The number of carbonyl (C=O) groups excluding carboxylic acids is 1. The average Bonchev–Trinajstić information content (AvgIpc) is 3.02. The van der Waals surface area contributed by atoms with Gasteiger partial charge in [0.1, 0.15) is 0 Å². The van der Waals surface area contributed by atoms with Crippen LogP contribution in [0.25, 0.3) is 0 Å². The number of hydrogen-bond donors (Lipinski definition) is 2. The zero-order chi connectivity index (χ0) is 17.0. The van der Waals surface area contributed by atoms with Crippen molar-refractivity contribution in [3.8, 4) is 0 Å². The lowest BCUT2D eigenvalue weighted by Crippen LogP contribution is -2.42. The molecule has 0 bridgehead atoms. The molecule has 1 fully saturated rings. The normalized spacial score (nSPS) is 18.5. The van der Waals surface area contributed by atoms with Crippen molar-refractivity contribution in [2.75, 3.05) is 13.1 Å². The highest BCUT2D eigenvalue weighted by atomic mass is 32.2. The van der Waals surface area contributed by atoms with Crippen LogP contribution in [0.2, 0.25) is 0 Å². The van der Waals surface area contributed by atoms with Crippen LogP contribution in [0.3, 0.4) is 0 Å². The van der Waals surface area contributed by atoms with E-state index in [9.17, 15) is 18.0 Å². The topological polar surface area (TPSA) is 104 Å². The third-order valence-corrected chi connectivity index (χ3v) is 5.69. The second kappa shape index (κ2) is 6.93. The molecule has 0 unspecified atom stereocenters. The van der Waals surface area contributed by atoms with Gasteiger partial charge in [-0.2, -0.15) is 4.31 Å². The Morgan fingerprint density at radius 2 is 2.00 bits per heavy atom. The lowest BCUT2D eigenvalue weighted by Gasteiger charge is -2.24. The summed E-state index contributed by atoms with van der Waals surface area (Å²) in [6.07, 6.45) is 2.50. The Morgan fingerprint density at radius 1 is 1.35 bits per heavy atom. The molecule has 2 N–H and O–H groups in total. The van der Waals surface area contributed by atoms with Gasteiger partial charge in [0, 0.05) is 19.1 Å². The van der Waals surface area contributed by atoms with Gasteiger partial charge in [-0.3, -0.25) is 4.79 Å². The number of aromatic carboxylic acids is 1. The maximum atomic E-state index is 12.7. The number of sulfonamides is 1. The summed E-state index contributed by atoms with van der Waals surface area (Å²) in [5, 5.41) is 11.5. The van der Waals surface area contributed by atoms with Crippen LogP contribution >= 0.6 is 0 Å². The summed E-state index contributed by atoms with van der Waals surface area (Å²) in [6.45, 7) is 3.94. The number of carbonyl (C=O) groups is 2. The van der Waals surface area contributed by atoms with Crippen molar-refractivity contribution >= 4 is 21.9 Å². The van der Waals surface area contributed by atoms with E-state index in [0.29, 0.717) is 19.4 Å². The van der Waals surface area contributed by atoms with Gasteiger partial charge in [-0.25, -0.2) is 13.2 Å². The first-order chi connectivity index (χ1) is 10.9. The third-order valence-electron chi connectivity index (χ3n) is 3.73. The predicted octanol–water partition coefficient (Wildman–Crippen LogP) is 0.840. The summed E-state index contributed by atoms with van der Waals surface area (Å²) in [7, 11) is -3.72. The molecule has 124 valence electrons. The van der Waals surface area contributed by atoms with E-state index in [4.69, 9.17) is 5.11 Å². The van der Waals surface area contributed by atoms with Crippen LogP contribution in [-0.4, -0.2) is 48.8 Å². The quantitative estimate of drug-likeness (QED) is 0.748. The molecule has 0 spiro atoms. The van der Waals surface area contributed by atoms with Gasteiger partial charge in [-0.1, -0.05) is 6.58 Å². The molecule has 2 rings (SSSR count). The highest BCUT2D eigenvalue weighted by Crippen LogP contribution is 2.26. The fraction of sp³-hybridized carbons (Fsp3) is 0.333. The smallest absolute Gasteiger partial charge is 0.335 e. The number of benzene rings is 1. The maximum Gasteiger partial charge on any atom is 0.335 e. The van der Waals surface area contributed by atoms with Crippen molar-refractivity contribution in [3.63, 3.8) is 0 Å². The monoisotopic (exact) mass is 338 g/mol. The summed E-state index contributed by atoms with van der Waals surface area (Å²) in [4.78, 5) is 22.1. The second-order valence-corrected chi connectivity index (χ2v) is 7.08. The van der Waals surface area contributed by atoms with E-state index >= 15 is 0 Å². The van der Waals surface area contributed by atoms with E-state index in [2.05, 4.69) is 11.9 Å². The number of carboxylic acids is 1. The molecule has 1 atom stereocenters. The summed E-state index contributed by atoms with van der Waals surface area (Å²) in [6, 6.07) is 4.79. The fourth-order valence-corrected chi connectivity index (χ4v) is 4.22. The standard InChI is InChI=1S/C15H18N2O5S/c1-2-14(18)16-10-12-4-3-9-17(12)23(21,22)13-7-5-11(6-8-13)15(19)20/h2,5-8,12H,1,3-4,9-10H2,(H,16,18)(H,19,20)/t12-/m1/s1. The average molecular weight is 338 g/mol. The van der Waals surface area contributed by atoms with Crippen LogP contribution in [0.5, 0.6) is 0 Å². The number of rotatable bonds is 6. The van der Waals surface area contributed by atoms with Gasteiger partial charge in [0.2, 0.25) is 15.9 Å². The highest BCUT2D eigenvalue weighted by Gasteiger charge is 2.35. The molecule has 0 radical (unpaired) electrons. The highest BCUT2D eigenvalue weighted by molar-refractivity contribution is 7.89. The van der Waals surface area contributed by atoms with Crippen LogP contribution < -0.4 is 5.32 Å². The van der Waals surface area contributed by atoms with Crippen molar-refractivity contribution in [1.82, 2.24) is 9.62 Å². The van der Waals surface area contributed by atoms with Gasteiger partial charge in [0.25, 0.3) is 0 Å². The zero-order valence-electron chi connectivity index (χ0n) is 12.4. The Labute approximate surface area is 134 Å². The first kappa shape index (κ1) is 17.2. The summed E-state index contributed by atoms with van der Waals surface area (Å²) in [5.41, 5.74) is 0.0279. The molecule has 0 aliphatic carbocycles. The molecule has 1 aromatic rings. The van der Waals surface area contributed by atoms with E-state index in [0.717, 1.165) is 6.08 Å². The molecule has 1 aromatic carbocycles. The fourth-order valence-electron chi connectivity index (χ4n) is 2.53. The molecule has 0 aromatic heterocycles. The van der Waals surface area contributed by atoms with Crippen LogP contribution in [0.15, 0.2) is 41.8 Å². The van der Waals surface area contributed by atoms with Crippen molar-refractivity contribution in [1.29, 1.82) is 0 Å². The van der Waals surface area contributed by atoms with Gasteiger partial charge in [-0.05, 0) is 43.2 Å². The van der Waals surface area contributed by atoms with Crippen molar-refractivity contribution in [3.05, 3.63) is 42.5 Å². The minimum absolute atomic E-state index is 0.0279. The van der Waals surface area contributed by atoms with Crippen molar-refractivity contribution in [2.45, 2.75) is 23.8 Å². The molecule has 1 saturated heterocycles. The Morgan fingerprint density at radius 3 is 2.57 bits per heavy atom. The van der Waals surface area contributed by atoms with E-state index in [-0.39, 0.29) is 29.0 Å². The Hall–Kier alpha value is -2.19. The van der Waals surface area contributed by atoms with Crippen LogP contribution in [0, 0.1) is 0 Å². The number of amides is 1. The number of carboxylic acid groups (broad SMARTS) is 1. The van der Waals surface area contributed by atoms with Crippen LogP contribution in [0.1, 0.15) is 23.2 Å². The van der Waals surface area contributed by atoms with Gasteiger partial charge < -0.3 is 10.4 Å². The number of nitrogens with zero attached hydrogens (tertiary/aromatic N) is 1. The molecular weight excluding hydrogens is 320 g/mol. The third kappa shape index (κ3) is 3.77. The SMILES string of the molecule is C=CC(=O)NC[C@H]1CCCN1S(=O)(=O)c1ccc(C(=O)O)cc1. The molecule has 1 aliphatic heterocycles. The molecular formula is C15H18N2O5S. The summed E-state index contributed by atoms with van der Waals surface area (Å²) in [5.74, 6) is -1.46.